The molecule has 1 unspecified atom stereocenters. The predicted octanol–water partition coefficient (Wildman–Crippen LogP) is 1.31. The highest BCUT2D eigenvalue weighted by molar-refractivity contribution is 5.05. The van der Waals surface area contributed by atoms with Gasteiger partial charge in [0.25, 0.3) is 0 Å². The van der Waals surface area contributed by atoms with E-state index in [1.807, 2.05) is 12.1 Å². The van der Waals surface area contributed by atoms with Gasteiger partial charge in [0.05, 0.1) is 12.3 Å². The van der Waals surface area contributed by atoms with Crippen molar-refractivity contribution in [1.29, 1.82) is 0 Å². The van der Waals surface area contributed by atoms with Gasteiger partial charge in [0, 0.05) is 38.8 Å². The SMILES string of the molecule is CC(C)N1CCN(C(CN)c2ccco2)CC1. The maximum absolute atomic E-state index is 5.87. The second-order valence-corrected chi connectivity index (χ2v) is 4.93. The first-order valence-electron chi connectivity index (χ1n) is 6.44. The highest BCUT2D eigenvalue weighted by atomic mass is 16.3. The maximum atomic E-state index is 5.87. The third-order valence-electron chi connectivity index (χ3n) is 3.61. The van der Waals surface area contributed by atoms with Gasteiger partial charge in [-0.25, -0.2) is 0 Å². The van der Waals surface area contributed by atoms with Crippen molar-refractivity contribution >= 4 is 0 Å². The van der Waals surface area contributed by atoms with Gasteiger partial charge in [-0.05, 0) is 26.0 Å². The summed E-state index contributed by atoms with van der Waals surface area (Å²) in [7, 11) is 0. The number of rotatable bonds is 4. The molecule has 4 heteroatoms. The zero-order valence-electron chi connectivity index (χ0n) is 10.8. The monoisotopic (exact) mass is 237 g/mol. The van der Waals surface area contributed by atoms with Crippen molar-refractivity contribution < 1.29 is 4.42 Å². The van der Waals surface area contributed by atoms with E-state index in [9.17, 15) is 0 Å². The Morgan fingerprint density at radius 2 is 1.88 bits per heavy atom. The highest BCUT2D eigenvalue weighted by Crippen LogP contribution is 2.21. The molecule has 2 rings (SSSR count). The molecule has 1 aliphatic heterocycles. The van der Waals surface area contributed by atoms with Crippen LogP contribution in [0, 0.1) is 0 Å². The molecule has 0 saturated carbocycles. The standard InChI is InChI=1S/C13H23N3O/c1-11(2)15-5-7-16(8-6-15)12(10-14)13-4-3-9-17-13/h3-4,9,11-12H,5-8,10,14H2,1-2H3. The maximum Gasteiger partial charge on any atom is 0.122 e. The lowest BCUT2D eigenvalue weighted by Gasteiger charge is -2.39. The lowest BCUT2D eigenvalue weighted by Crippen LogP contribution is -2.50. The summed E-state index contributed by atoms with van der Waals surface area (Å²) in [6.45, 7) is 9.51. The molecule has 1 atom stereocenters. The highest BCUT2D eigenvalue weighted by Gasteiger charge is 2.26. The Morgan fingerprint density at radius 3 is 2.35 bits per heavy atom. The van der Waals surface area contributed by atoms with Gasteiger partial charge in [-0.2, -0.15) is 0 Å². The molecule has 0 aromatic carbocycles. The Balaban J connectivity index is 1.95. The third-order valence-corrected chi connectivity index (χ3v) is 3.61. The summed E-state index contributed by atoms with van der Waals surface area (Å²) in [5.41, 5.74) is 5.87. The third kappa shape index (κ3) is 2.89. The minimum Gasteiger partial charge on any atom is -0.468 e. The van der Waals surface area contributed by atoms with Crippen LogP contribution in [0.1, 0.15) is 25.6 Å². The van der Waals surface area contributed by atoms with E-state index >= 15 is 0 Å². The zero-order chi connectivity index (χ0) is 12.3. The van der Waals surface area contributed by atoms with Crippen molar-refractivity contribution in [2.24, 2.45) is 5.73 Å². The molecular formula is C13H23N3O. The second-order valence-electron chi connectivity index (χ2n) is 4.93. The number of furan rings is 1. The molecule has 0 aliphatic carbocycles. The van der Waals surface area contributed by atoms with Crippen molar-refractivity contribution in [3.8, 4) is 0 Å². The average molecular weight is 237 g/mol. The first kappa shape index (κ1) is 12.6. The topological polar surface area (TPSA) is 45.6 Å². The van der Waals surface area contributed by atoms with E-state index in [2.05, 4.69) is 23.6 Å². The van der Waals surface area contributed by atoms with Crippen LogP contribution in [-0.2, 0) is 0 Å². The molecule has 0 bridgehead atoms. The molecule has 1 saturated heterocycles. The first-order chi connectivity index (χ1) is 8.22. The van der Waals surface area contributed by atoms with Gasteiger partial charge in [0.2, 0.25) is 0 Å². The predicted molar refractivity (Wildman–Crippen MR) is 68.8 cm³/mol. The van der Waals surface area contributed by atoms with Crippen molar-refractivity contribution in [2.45, 2.75) is 25.9 Å². The van der Waals surface area contributed by atoms with Gasteiger partial charge in [0.15, 0.2) is 0 Å². The van der Waals surface area contributed by atoms with E-state index in [1.165, 1.54) is 0 Å². The van der Waals surface area contributed by atoms with Crippen LogP contribution >= 0.6 is 0 Å². The number of nitrogens with zero attached hydrogens (tertiary/aromatic N) is 2. The molecule has 0 spiro atoms. The summed E-state index contributed by atoms with van der Waals surface area (Å²) in [4.78, 5) is 4.93. The first-order valence-corrected chi connectivity index (χ1v) is 6.44. The zero-order valence-corrected chi connectivity index (χ0v) is 10.8. The molecule has 0 amide bonds. The van der Waals surface area contributed by atoms with Crippen LogP contribution < -0.4 is 5.73 Å². The van der Waals surface area contributed by atoms with Gasteiger partial charge >= 0.3 is 0 Å². The summed E-state index contributed by atoms with van der Waals surface area (Å²) in [6, 6.07) is 4.82. The fourth-order valence-electron chi connectivity index (χ4n) is 2.49. The van der Waals surface area contributed by atoms with Crippen molar-refractivity contribution in [3.05, 3.63) is 24.2 Å². The van der Waals surface area contributed by atoms with Crippen LogP contribution in [0.15, 0.2) is 22.8 Å². The summed E-state index contributed by atoms with van der Waals surface area (Å²) in [5.74, 6) is 0.991. The Morgan fingerprint density at radius 1 is 1.24 bits per heavy atom. The largest absolute Gasteiger partial charge is 0.468 e. The lowest BCUT2D eigenvalue weighted by atomic mass is 10.1. The molecule has 1 fully saturated rings. The van der Waals surface area contributed by atoms with Crippen LogP contribution in [0.4, 0.5) is 0 Å². The number of hydrogen-bond acceptors (Lipinski definition) is 4. The fourth-order valence-corrected chi connectivity index (χ4v) is 2.49. The van der Waals surface area contributed by atoms with Crippen molar-refractivity contribution in [3.63, 3.8) is 0 Å². The molecular weight excluding hydrogens is 214 g/mol. The molecule has 2 heterocycles. The minimum atomic E-state index is 0.235. The number of piperazine rings is 1. The summed E-state index contributed by atoms with van der Waals surface area (Å²) < 4.78 is 5.48. The Labute approximate surface area is 103 Å². The molecule has 1 aliphatic rings. The molecule has 0 radical (unpaired) electrons. The van der Waals surface area contributed by atoms with Crippen molar-refractivity contribution in [2.75, 3.05) is 32.7 Å². The molecule has 1 aromatic heterocycles. The van der Waals surface area contributed by atoms with Gasteiger partial charge in [-0.15, -0.1) is 0 Å². The molecule has 1 aromatic rings. The average Bonchev–Trinajstić information content (AvgIpc) is 2.84. The summed E-state index contributed by atoms with van der Waals surface area (Å²) >= 11 is 0. The van der Waals surface area contributed by atoms with Crippen LogP contribution in [0.25, 0.3) is 0 Å². The molecule has 17 heavy (non-hydrogen) atoms. The van der Waals surface area contributed by atoms with E-state index in [0.717, 1.165) is 31.9 Å². The van der Waals surface area contributed by atoms with Gasteiger partial charge < -0.3 is 10.2 Å². The Bertz CT molecular complexity index is 315. The van der Waals surface area contributed by atoms with E-state index in [4.69, 9.17) is 10.2 Å². The van der Waals surface area contributed by atoms with Crippen LogP contribution in [0.2, 0.25) is 0 Å². The number of hydrogen-bond donors (Lipinski definition) is 1. The van der Waals surface area contributed by atoms with Crippen molar-refractivity contribution in [1.82, 2.24) is 9.80 Å². The van der Waals surface area contributed by atoms with E-state index in [0.29, 0.717) is 12.6 Å². The Kier molecular flexibility index (Phi) is 4.20. The summed E-state index contributed by atoms with van der Waals surface area (Å²) in [5, 5.41) is 0. The van der Waals surface area contributed by atoms with Crippen LogP contribution in [-0.4, -0.2) is 48.6 Å². The van der Waals surface area contributed by atoms with Crippen LogP contribution in [0.3, 0.4) is 0 Å². The lowest BCUT2D eigenvalue weighted by molar-refractivity contribution is 0.0730. The minimum absolute atomic E-state index is 0.235. The number of nitrogens with two attached hydrogens (primary N) is 1. The van der Waals surface area contributed by atoms with E-state index in [-0.39, 0.29) is 6.04 Å². The van der Waals surface area contributed by atoms with Gasteiger partial charge in [-0.3, -0.25) is 9.80 Å². The molecule has 2 N–H and O–H groups in total. The summed E-state index contributed by atoms with van der Waals surface area (Å²) in [6.07, 6.45) is 1.72. The quantitative estimate of drug-likeness (QED) is 0.857. The molecule has 96 valence electrons. The Hall–Kier alpha value is -0.840. The van der Waals surface area contributed by atoms with Gasteiger partial charge in [-0.1, -0.05) is 0 Å². The second kappa shape index (κ2) is 5.67. The fraction of sp³-hybridized carbons (Fsp3) is 0.692. The smallest absolute Gasteiger partial charge is 0.122 e. The molecule has 4 nitrogen and oxygen atoms in total. The van der Waals surface area contributed by atoms with E-state index < -0.39 is 0 Å². The van der Waals surface area contributed by atoms with Crippen LogP contribution in [0.5, 0.6) is 0 Å². The normalized spacial score (nSPS) is 20.9. The van der Waals surface area contributed by atoms with Gasteiger partial charge in [0.1, 0.15) is 5.76 Å². The van der Waals surface area contributed by atoms with E-state index in [1.54, 1.807) is 6.26 Å².